The van der Waals surface area contributed by atoms with Gasteiger partial charge in [-0.1, -0.05) is 70.4 Å². The lowest BCUT2D eigenvalue weighted by Crippen LogP contribution is -2.18. The highest BCUT2D eigenvalue weighted by Gasteiger charge is 2.11. The van der Waals surface area contributed by atoms with E-state index < -0.39 is 12.1 Å². The van der Waals surface area contributed by atoms with Gasteiger partial charge in [0.25, 0.3) is 0 Å². The van der Waals surface area contributed by atoms with Crippen molar-refractivity contribution in [2.24, 2.45) is 0 Å². The minimum atomic E-state index is -1.18. The van der Waals surface area contributed by atoms with Gasteiger partial charge in [-0.05, 0) is 32.1 Å². The van der Waals surface area contributed by atoms with Crippen molar-refractivity contribution in [3.63, 3.8) is 0 Å². The quantitative estimate of drug-likeness (QED) is 0.327. The van der Waals surface area contributed by atoms with Crippen LogP contribution in [0.5, 0.6) is 0 Å². The molecular weight excluding hydrogens is 264 g/mol. The van der Waals surface area contributed by atoms with E-state index in [4.69, 9.17) is 10.2 Å². The Bertz CT molecular complexity index is 261. The molecular formula is C18H34O3. The second-order valence-corrected chi connectivity index (χ2v) is 5.87. The molecule has 21 heavy (non-hydrogen) atoms. The third kappa shape index (κ3) is 15.4. The number of aliphatic hydroxyl groups excluding tert-OH is 1. The van der Waals surface area contributed by atoms with E-state index in [9.17, 15) is 4.79 Å². The molecule has 3 heteroatoms. The Morgan fingerprint density at radius 2 is 1.33 bits per heavy atom. The molecule has 0 rings (SSSR count). The fraction of sp³-hybridized carbons (Fsp3) is 0.833. The number of carboxylic acids is 1. The highest BCUT2D eigenvalue weighted by atomic mass is 16.4. The molecule has 0 fully saturated rings. The molecule has 0 aliphatic carbocycles. The summed E-state index contributed by atoms with van der Waals surface area (Å²) < 4.78 is 0. The van der Waals surface area contributed by atoms with Crippen LogP contribution in [0.25, 0.3) is 0 Å². The average molecular weight is 298 g/mol. The summed E-state index contributed by atoms with van der Waals surface area (Å²) in [6, 6.07) is 0. The molecule has 1 atom stereocenters. The first-order chi connectivity index (χ1) is 10.2. The number of unbranched alkanes of at least 4 members (excludes halogenated alkanes) is 10. The largest absolute Gasteiger partial charge is 0.479 e. The highest BCUT2D eigenvalue weighted by Crippen LogP contribution is 2.10. The molecule has 0 unspecified atom stereocenters. The lowest BCUT2D eigenvalue weighted by molar-refractivity contribution is -0.146. The van der Waals surface area contributed by atoms with Crippen molar-refractivity contribution in [1.82, 2.24) is 0 Å². The average Bonchev–Trinajstić information content (AvgIpc) is 2.47. The lowest BCUT2D eigenvalue weighted by atomic mass is 10.1. The van der Waals surface area contributed by atoms with Gasteiger partial charge in [0.2, 0.25) is 0 Å². The molecule has 2 N–H and O–H groups in total. The smallest absolute Gasteiger partial charge is 0.332 e. The van der Waals surface area contributed by atoms with Gasteiger partial charge < -0.3 is 10.2 Å². The molecule has 0 amide bonds. The molecule has 0 saturated heterocycles. The summed E-state index contributed by atoms with van der Waals surface area (Å²) in [6.07, 6.45) is 18.3. The number of carboxylic acid groups (broad SMARTS) is 1. The van der Waals surface area contributed by atoms with E-state index in [2.05, 4.69) is 19.1 Å². The van der Waals surface area contributed by atoms with Crippen LogP contribution in [0.2, 0.25) is 0 Å². The van der Waals surface area contributed by atoms with Crippen LogP contribution in [-0.4, -0.2) is 22.3 Å². The lowest BCUT2D eigenvalue weighted by Gasteiger charge is -2.04. The van der Waals surface area contributed by atoms with Gasteiger partial charge >= 0.3 is 5.97 Å². The molecule has 0 saturated carbocycles. The molecule has 3 nitrogen and oxygen atoms in total. The predicted molar refractivity (Wildman–Crippen MR) is 88.5 cm³/mol. The van der Waals surface area contributed by atoms with E-state index >= 15 is 0 Å². The maximum atomic E-state index is 10.4. The van der Waals surface area contributed by atoms with Gasteiger partial charge in [-0.25, -0.2) is 4.79 Å². The van der Waals surface area contributed by atoms with E-state index in [1.54, 1.807) is 0 Å². The van der Waals surface area contributed by atoms with E-state index in [0.717, 1.165) is 32.1 Å². The van der Waals surface area contributed by atoms with Gasteiger partial charge in [0.1, 0.15) is 0 Å². The number of hydrogen-bond acceptors (Lipinski definition) is 2. The first kappa shape index (κ1) is 20.2. The Kier molecular flexibility index (Phi) is 14.9. The topological polar surface area (TPSA) is 57.5 Å². The Morgan fingerprint density at radius 1 is 0.857 bits per heavy atom. The van der Waals surface area contributed by atoms with Crippen LogP contribution in [0, 0.1) is 0 Å². The zero-order valence-corrected chi connectivity index (χ0v) is 13.7. The van der Waals surface area contributed by atoms with Crippen LogP contribution in [0.15, 0.2) is 12.2 Å². The van der Waals surface area contributed by atoms with Gasteiger partial charge in [-0.15, -0.1) is 0 Å². The maximum absolute atomic E-state index is 10.4. The van der Waals surface area contributed by atoms with E-state index in [1.165, 1.54) is 44.9 Å². The van der Waals surface area contributed by atoms with Gasteiger partial charge in [-0.3, -0.25) is 0 Å². The summed E-state index contributed by atoms with van der Waals surface area (Å²) >= 11 is 0. The summed E-state index contributed by atoms with van der Waals surface area (Å²) in [7, 11) is 0. The van der Waals surface area contributed by atoms with Crippen LogP contribution in [0.3, 0.4) is 0 Å². The van der Waals surface area contributed by atoms with Crippen molar-refractivity contribution >= 4 is 5.97 Å². The van der Waals surface area contributed by atoms with E-state index in [0.29, 0.717) is 6.42 Å². The van der Waals surface area contributed by atoms with Crippen molar-refractivity contribution < 1.29 is 15.0 Å². The molecule has 0 radical (unpaired) electrons. The number of aliphatic hydroxyl groups is 1. The third-order valence-corrected chi connectivity index (χ3v) is 3.77. The molecule has 0 bridgehead atoms. The SMILES string of the molecule is CCCCCCCC/C=C\CCCCCC[C@H](O)C(=O)O. The normalized spacial score (nSPS) is 12.9. The Balaban J connectivity index is 3.17. The third-order valence-electron chi connectivity index (χ3n) is 3.77. The van der Waals surface area contributed by atoms with Crippen LogP contribution in [0.4, 0.5) is 0 Å². The van der Waals surface area contributed by atoms with Crippen molar-refractivity contribution in [3.05, 3.63) is 12.2 Å². The summed E-state index contributed by atoms with van der Waals surface area (Å²) in [5.74, 6) is -1.10. The van der Waals surface area contributed by atoms with Gasteiger partial charge in [-0.2, -0.15) is 0 Å². The first-order valence-corrected chi connectivity index (χ1v) is 8.74. The minimum Gasteiger partial charge on any atom is -0.479 e. The van der Waals surface area contributed by atoms with Crippen LogP contribution >= 0.6 is 0 Å². The highest BCUT2D eigenvalue weighted by molar-refractivity contribution is 5.71. The zero-order chi connectivity index (χ0) is 15.8. The van der Waals surface area contributed by atoms with E-state index in [-0.39, 0.29) is 0 Å². The summed E-state index contributed by atoms with van der Waals surface area (Å²) in [5, 5.41) is 17.6. The van der Waals surface area contributed by atoms with Crippen molar-refractivity contribution in [2.45, 2.75) is 96.5 Å². The summed E-state index contributed by atoms with van der Waals surface area (Å²) in [4.78, 5) is 10.4. The second-order valence-electron chi connectivity index (χ2n) is 5.87. The second kappa shape index (κ2) is 15.6. The van der Waals surface area contributed by atoms with Crippen LogP contribution in [0.1, 0.15) is 90.4 Å². The number of carbonyl (C=O) groups is 1. The number of rotatable bonds is 15. The monoisotopic (exact) mass is 298 g/mol. The van der Waals surface area contributed by atoms with Crippen molar-refractivity contribution in [2.75, 3.05) is 0 Å². The fourth-order valence-corrected chi connectivity index (χ4v) is 2.36. The van der Waals surface area contributed by atoms with Gasteiger partial charge in [0.05, 0.1) is 0 Å². The minimum absolute atomic E-state index is 0.378. The number of hydrogen-bond donors (Lipinski definition) is 2. The number of allylic oxidation sites excluding steroid dienone is 2. The fourth-order valence-electron chi connectivity index (χ4n) is 2.36. The molecule has 0 aromatic carbocycles. The molecule has 0 heterocycles. The summed E-state index contributed by atoms with van der Waals surface area (Å²) in [5.41, 5.74) is 0. The zero-order valence-electron chi connectivity index (χ0n) is 13.7. The first-order valence-electron chi connectivity index (χ1n) is 8.74. The Morgan fingerprint density at radius 3 is 1.86 bits per heavy atom. The molecule has 0 aliphatic rings. The molecule has 0 spiro atoms. The van der Waals surface area contributed by atoms with Crippen molar-refractivity contribution in [3.8, 4) is 0 Å². The van der Waals surface area contributed by atoms with Crippen LogP contribution < -0.4 is 0 Å². The van der Waals surface area contributed by atoms with Crippen molar-refractivity contribution in [1.29, 1.82) is 0 Å². The van der Waals surface area contributed by atoms with E-state index in [1.807, 2.05) is 0 Å². The Hall–Kier alpha value is -0.830. The van der Waals surface area contributed by atoms with Gasteiger partial charge in [0.15, 0.2) is 6.10 Å². The van der Waals surface area contributed by atoms with Gasteiger partial charge in [0, 0.05) is 0 Å². The summed E-state index contributed by atoms with van der Waals surface area (Å²) in [6.45, 7) is 2.25. The molecule has 124 valence electrons. The molecule has 0 aliphatic heterocycles. The molecule has 0 aromatic rings. The standard InChI is InChI=1S/C18H34O3/c1-2-3-4-5-6-7-8-9-10-11-12-13-14-15-16-17(19)18(20)21/h9-10,17,19H,2-8,11-16H2,1H3,(H,20,21)/b10-9-/t17-/m0/s1. The maximum Gasteiger partial charge on any atom is 0.332 e. The molecule has 0 aromatic heterocycles. The predicted octanol–water partition coefficient (Wildman–Crippen LogP) is 5.08. The number of aliphatic carboxylic acids is 1. The van der Waals surface area contributed by atoms with Crippen LogP contribution in [-0.2, 0) is 4.79 Å². The Labute approximate surface area is 130 Å².